The topological polar surface area (TPSA) is 77.2 Å². The highest BCUT2D eigenvalue weighted by atomic mass is 79.9. The Balaban J connectivity index is 1.70. The number of rotatable bonds is 5. The molecule has 0 saturated heterocycles. The Bertz CT molecular complexity index is 866. The van der Waals surface area contributed by atoms with E-state index < -0.39 is 12.0 Å². The monoisotopic (exact) mass is 405 g/mol. The van der Waals surface area contributed by atoms with Crippen molar-refractivity contribution in [2.75, 3.05) is 5.32 Å². The van der Waals surface area contributed by atoms with Crippen molar-refractivity contribution in [1.29, 1.82) is 0 Å². The van der Waals surface area contributed by atoms with E-state index in [2.05, 4.69) is 31.6 Å². The van der Waals surface area contributed by atoms with Gasteiger partial charge in [-0.05, 0) is 53.6 Å². The molecular formula is C17H13BrFN3O3. The molecule has 25 heavy (non-hydrogen) atoms. The minimum atomic E-state index is -0.820. The van der Waals surface area contributed by atoms with Crippen molar-refractivity contribution < 1.29 is 18.6 Å². The predicted molar refractivity (Wildman–Crippen MR) is 92.6 cm³/mol. The van der Waals surface area contributed by atoms with E-state index in [9.17, 15) is 9.18 Å². The van der Waals surface area contributed by atoms with Crippen molar-refractivity contribution in [3.05, 3.63) is 58.8 Å². The predicted octanol–water partition coefficient (Wildman–Crippen LogP) is 4.04. The van der Waals surface area contributed by atoms with Crippen LogP contribution in [0.2, 0.25) is 0 Å². The summed E-state index contributed by atoms with van der Waals surface area (Å²) in [6.45, 7) is 1.57. The molecule has 1 amide bonds. The van der Waals surface area contributed by atoms with E-state index in [-0.39, 0.29) is 11.6 Å². The lowest BCUT2D eigenvalue weighted by molar-refractivity contribution is -0.122. The van der Waals surface area contributed by atoms with Crippen LogP contribution in [0.25, 0.3) is 11.3 Å². The van der Waals surface area contributed by atoms with Crippen LogP contribution in [0.3, 0.4) is 0 Å². The first kappa shape index (κ1) is 17.1. The number of hydrogen-bond donors (Lipinski definition) is 1. The van der Waals surface area contributed by atoms with E-state index in [0.717, 1.165) is 10.0 Å². The molecule has 0 spiro atoms. The van der Waals surface area contributed by atoms with Crippen molar-refractivity contribution in [3.63, 3.8) is 0 Å². The lowest BCUT2D eigenvalue weighted by Crippen LogP contribution is -2.30. The molecule has 2 aromatic carbocycles. The van der Waals surface area contributed by atoms with Gasteiger partial charge in [-0.25, -0.2) is 9.02 Å². The number of anilines is 1. The second kappa shape index (κ2) is 7.43. The van der Waals surface area contributed by atoms with Gasteiger partial charge in [-0.15, -0.1) is 0 Å². The zero-order valence-corrected chi connectivity index (χ0v) is 14.7. The third kappa shape index (κ3) is 4.21. The second-order valence-corrected chi connectivity index (χ2v) is 6.09. The summed E-state index contributed by atoms with van der Waals surface area (Å²) < 4.78 is 24.0. The fraction of sp³-hybridized carbons (Fsp3) is 0.118. The molecule has 0 fully saturated rings. The number of nitrogens with zero attached hydrogens (tertiary/aromatic N) is 2. The van der Waals surface area contributed by atoms with Gasteiger partial charge in [-0.2, -0.15) is 0 Å². The average molecular weight is 406 g/mol. The van der Waals surface area contributed by atoms with Crippen molar-refractivity contribution >= 4 is 27.7 Å². The maximum atomic E-state index is 12.9. The van der Waals surface area contributed by atoms with Crippen molar-refractivity contribution in [1.82, 2.24) is 10.3 Å². The average Bonchev–Trinajstić information content (AvgIpc) is 3.05. The van der Waals surface area contributed by atoms with Crippen LogP contribution in [0.1, 0.15) is 6.92 Å². The van der Waals surface area contributed by atoms with E-state index in [4.69, 9.17) is 9.37 Å². The van der Waals surface area contributed by atoms with Gasteiger partial charge >= 0.3 is 0 Å². The third-order valence-corrected chi connectivity index (χ3v) is 3.87. The molecule has 0 aliphatic heterocycles. The highest BCUT2D eigenvalue weighted by molar-refractivity contribution is 9.10. The molecule has 3 aromatic rings. The molecule has 128 valence electrons. The van der Waals surface area contributed by atoms with Gasteiger partial charge in [0.25, 0.3) is 5.91 Å². The molecule has 0 saturated carbocycles. The summed E-state index contributed by atoms with van der Waals surface area (Å²) >= 11 is 3.35. The molecule has 0 aliphatic rings. The number of halogens is 2. The number of amides is 1. The standard InChI is InChI=1S/C17H13BrFN3O3/c1-10(24-14-8-6-13(19)7-9-14)17(23)20-16-15(21-25-22-16)11-2-4-12(18)5-3-11/h2-10H,1H3,(H,20,22,23). The fourth-order valence-electron chi connectivity index (χ4n) is 2.06. The maximum Gasteiger partial charge on any atom is 0.266 e. The van der Waals surface area contributed by atoms with Gasteiger partial charge in [0.1, 0.15) is 11.6 Å². The lowest BCUT2D eigenvalue weighted by atomic mass is 10.1. The first-order valence-corrected chi connectivity index (χ1v) is 8.14. The number of nitrogens with one attached hydrogen (secondary N) is 1. The van der Waals surface area contributed by atoms with Crippen LogP contribution >= 0.6 is 15.9 Å². The van der Waals surface area contributed by atoms with Gasteiger partial charge in [0.15, 0.2) is 11.8 Å². The minimum absolute atomic E-state index is 0.196. The van der Waals surface area contributed by atoms with Crippen LogP contribution < -0.4 is 10.1 Å². The first-order chi connectivity index (χ1) is 12.0. The number of aromatic nitrogens is 2. The number of hydrogen-bond acceptors (Lipinski definition) is 5. The van der Waals surface area contributed by atoms with E-state index in [1.165, 1.54) is 24.3 Å². The molecular weight excluding hydrogens is 393 g/mol. The molecule has 0 aliphatic carbocycles. The lowest BCUT2D eigenvalue weighted by Gasteiger charge is -2.13. The second-order valence-electron chi connectivity index (χ2n) is 5.17. The molecule has 1 aromatic heterocycles. The molecule has 0 bridgehead atoms. The fourth-order valence-corrected chi connectivity index (χ4v) is 2.32. The van der Waals surface area contributed by atoms with E-state index >= 15 is 0 Å². The highest BCUT2D eigenvalue weighted by Gasteiger charge is 2.20. The van der Waals surface area contributed by atoms with Crippen molar-refractivity contribution in [2.24, 2.45) is 0 Å². The Hall–Kier alpha value is -2.74. The zero-order chi connectivity index (χ0) is 17.8. The van der Waals surface area contributed by atoms with Gasteiger partial charge < -0.3 is 10.1 Å². The molecule has 0 radical (unpaired) electrons. The van der Waals surface area contributed by atoms with Crippen LogP contribution in [-0.2, 0) is 4.79 Å². The Morgan fingerprint density at radius 1 is 1.16 bits per heavy atom. The molecule has 6 nitrogen and oxygen atoms in total. The number of benzene rings is 2. The van der Waals surface area contributed by atoms with Gasteiger partial charge in [-0.3, -0.25) is 4.79 Å². The van der Waals surface area contributed by atoms with E-state index in [1.54, 1.807) is 6.92 Å². The molecule has 1 N–H and O–H groups in total. The maximum absolute atomic E-state index is 12.9. The molecule has 8 heteroatoms. The SMILES string of the molecule is CC(Oc1ccc(F)cc1)C(=O)Nc1nonc1-c1ccc(Br)cc1. The van der Waals surface area contributed by atoms with Gasteiger partial charge in [0, 0.05) is 10.0 Å². The largest absolute Gasteiger partial charge is 0.481 e. The normalized spacial score (nSPS) is 11.8. The van der Waals surface area contributed by atoms with E-state index in [0.29, 0.717) is 11.4 Å². The Morgan fingerprint density at radius 2 is 1.84 bits per heavy atom. The van der Waals surface area contributed by atoms with Gasteiger partial charge in [0.2, 0.25) is 5.82 Å². The van der Waals surface area contributed by atoms with Crippen LogP contribution in [0.15, 0.2) is 57.6 Å². The summed E-state index contributed by atoms with van der Waals surface area (Å²) in [4.78, 5) is 12.3. The summed E-state index contributed by atoms with van der Waals surface area (Å²) in [5.74, 6) is -0.229. The summed E-state index contributed by atoms with van der Waals surface area (Å²) in [5, 5.41) is 10.2. The number of ether oxygens (including phenoxy) is 1. The van der Waals surface area contributed by atoms with Crippen LogP contribution in [-0.4, -0.2) is 22.3 Å². The number of carbonyl (C=O) groups excluding carboxylic acids is 1. The smallest absolute Gasteiger partial charge is 0.266 e. The Kier molecular flexibility index (Phi) is 5.08. The van der Waals surface area contributed by atoms with Crippen LogP contribution in [0, 0.1) is 5.82 Å². The molecule has 1 unspecified atom stereocenters. The highest BCUT2D eigenvalue weighted by Crippen LogP contribution is 2.26. The van der Waals surface area contributed by atoms with Crippen LogP contribution in [0.5, 0.6) is 5.75 Å². The quantitative estimate of drug-likeness (QED) is 0.692. The van der Waals surface area contributed by atoms with Crippen LogP contribution in [0.4, 0.5) is 10.2 Å². The zero-order valence-electron chi connectivity index (χ0n) is 13.1. The molecule has 1 atom stereocenters. The third-order valence-electron chi connectivity index (χ3n) is 3.34. The summed E-state index contributed by atoms with van der Waals surface area (Å²) in [5.41, 5.74) is 1.15. The summed E-state index contributed by atoms with van der Waals surface area (Å²) in [6, 6.07) is 12.7. The Labute approximate surface area is 151 Å². The first-order valence-electron chi connectivity index (χ1n) is 7.34. The van der Waals surface area contributed by atoms with Gasteiger partial charge in [-0.1, -0.05) is 28.1 Å². The summed E-state index contributed by atoms with van der Waals surface area (Å²) in [6.07, 6.45) is -0.820. The van der Waals surface area contributed by atoms with Crippen molar-refractivity contribution in [2.45, 2.75) is 13.0 Å². The molecule has 1 heterocycles. The van der Waals surface area contributed by atoms with E-state index in [1.807, 2.05) is 24.3 Å². The number of carbonyl (C=O) groups is 1. The molecule has 3 rings (SSSR count). The van der Waals surface area contributed by atoms with Crippen molar-refractivity contribution in [3.8, 4) is 17.0 Å². The minimum Gasteiger partial charge on any atom is -0.481 e. The van der Waals surface area contributed by atoms with Gasteiger partial charge in [0.05, 0.1) is 0 Å². The Morgan fingerprint density at radius 3 is 2.52 bits per heavy atom. The summed E-state index contributed by atoms with van der Waals surface area (Å²) in [7, 11) is 0.